The van der Waals surface area contributed by atoms with Crippen LogP contribution in [0.5, 0.6) is 0 Å². The number of hydrogen-bond donors (Lipinski definition) is 1. The first kappa shape index (κ1) is 31.9. The number of aliphatic hydroxyl groups excluding tert-OH is 1. The first-order valence-electron chi connectivity index (χ1n) is 15.5. The molecule has 2 aromatic carbocycles. The van der Waals surface area contributed by atoms with Crippen LogP contribution in [0.15, 0.2) is 73.8 Å². The molecule has 0 radical (unpaired) electrons. The highest BCUT2D eigenvalue weighted by molar-refractivity contribution is 6.34. The number of carbonyl (C=O) groups is 3. The number of nitrogens with zero attached hydrogens (tertiary/aromatic N) is 3. The Balaban J connectivity index is 1.53. The van der Waals surface area contributed by atoms with Gasteiger partial charge in [0.1, 0.15) is 11.6 Å². The van der Waals surface area contributed by atoms with Gasteiger partial charge in [0.05, 0.1) is 28.6 Å². The Hall–Kier alpha value is -3.46. The summed E-state index contributed by atoms with van der Waals surface area (Å²) in [5.74, 6) is -2.15. The Morgan fingerprint density at radius 3 is 2.50 bits per heavy atom. The zero-order chi connectivity index (χ0) is 31.4. The molecule has 3 amide bonds. The highest BCUT2D eigenvalue weighted by Crippen LogP contribution is 2.59. The molecule has 234 valence electrons. The van der Waals surface area contributed by atoms with Gasteiger partial charge >= 0.3 is 0 Å². The molecule has 0 aromatic heterocycles. The van der Waals surface area contributed by atoms with Crippen LogP contribution in [0, 0.1) is 18.8 Å². The molecule has 3 saturated heterocycles. The summed E-state index contributed by atoms with van der Waals surface area (Å²) in [7, 11) is 0. The first-order chi connectivity index (χ1) is 21.3. The van der Waals surface area contributed by atoms with Gasteiger partial charge in [-0.05, 0) is 56.2 Å². The summed E-state index contributed by atoms with van der Waals surface area (Å²) in [5.41, 5.74) is 1.25. The van der Waals surface area contributed by atoms with Gasteiger partial charge in [-0.1, -0.05) is 66.2 Å². The van der Waals surface area contributed by atoms with Crippen LogP contribution in [0.3, 0.4) is 0 Å². The number of likely N-dealkylation sites (tertiary alicyclic amines) is 1. The molecule has 5 rings (SSSR count). The second-order valence-corrected chi connectivity index (χ2v) is 12.4. The van der Waals surface area contributed by atoms with Crippen LogP contribution in [-0.2, 0) is 25.7 Å². The Kier molecular flexibility index (Phi) is 9.93. The van der Waals surface area contributed by atoms with E-state index in [-0.39, 0.29) is 30.9 Å². The maximum atomic E-state index is 14.8. The molecule has 1 spiro atoms. The maximum absolute atomic E-state index is 14.8. The Bertz CT molecular complexity index is 1380. The van der Waals surface area contributed by atoms with Gasteiger partial charge in [0.15, 0.2) is 0 Å². The standard InChI is InChI=1S/C35H42ClN3O5/c1-4-19-37(23-25-14-8-6-9-15-25)32(41)28-27-17-18-35(44-27)29(28)33(42)39(21-10-7-11-22-40)31(35)34(43)38(20-5-2)30-24(3)13-12-16-26(30)36/h4-6,8-9,12-16,27-29,31,40H,1-2,7,10-11,17-23H2,3H3/t27-,28+,29-,31?,35?/m0/s1. The van der Waals surface area contributed by atoms with Crippen LogP contribution < -0.4 is 4.90 Å². The molecule has 3 aliphatic rings. The van der Waals surface area contributed by atoms with E-state index in [1.54, 1.807) is 32.9 Å². The Morgan fingerprint density at radius 2 is 1.82 bits per heavy atom. The Labute approximate surface area is 264 Å². The van der Waals surface area contributed by atoms with E-state index < -0.39 is 29.6 Å². The van der Waals surface area contributed by atoms with Crippen molar-refractivity contribution in [2.75, 3.05) is 31.1 Å². The van der Waals surface area contributed by atoms with Crippen LogP contribution in [0.25, 0.3) is 0 Å². The molecule has 2 unspecified atom stereocenters. The molecule has 8 nitrogen and oxygen atoms in total. The number of benzene rings is 2. The number of amides is 3. The fourth-order valence-corrected chi connectivity index (χ4v) is 7.79. The Morgan fingerprint density at radius 1 is 1.07 bits per heavy atom. The monoisotopic (exact) mass is 619 g/mol. The second-order valence-electron chi connectivity index (χ2n) is 12.0. The lowest BCUT2D eigenvalue weighted by atomic mass is 9.70. The van der Waals surface area contributed by atoms with Crippen molar-refractivity contribution in [1.29, 1.82) is 0 Å². The third-order valence-electron chi connectivity index (χ3n) is 9.29. The zero-order valence-corrected chi connectivity index (χ0v) is 26.1. The first-order valence-corrected chi connectivity index (χ1v) is 15.9. The smallest absolute Gasteiger partial charge is 0.253 e. The summed E-state index contributed by atoms with van der Waals surface area (Å²) < 4.78 is 6.70. The van der Waals surface area contributed by atoms with Gasteiger partial charge in [0.25, 0.3) is 5.91 Å². The van der Waals surface area contributed by atoms with Gasteiger partial charge in [-0.2, -0.15) is 0 Å². The van der Waals surface area contributed by atoms with Gasteiger partial charge in [-0.3, -0.25) is 14.4 Å². The SMILES string of the molecule is C=CCN(Cc1ccccc1)C(=O)[C@@H]1[C@@H]2CCC3(O2)C(C(=O)N(CC=C)c2c(C)cccc2Cl)N(CCCCCO)C(=O)[C@H]13. The number of aryl methyl sites for hydroxylation is 1. The van der Waals surface area contributed by atoms with Crippen molar-refractivity contribution in [1.82, 2.24) is 9.80 Å². The van der Waals surface area contributed by atoms with Crippen molar-refractivity contribution in [3.8, 4) is 0 Å². The molecule has 3 heterocycles. The zero-order valence-electron chi connectivity index (χ0n) is 25.4. The van der Waals surface area contributed by atoms with E-state index in [1.165, 1.54) is 0 Å². The quantitative estimate of drug-likeness (QED) is 0.240. The summed E-state index contributed by atoms with van der Waals surface area (Å²) in [4.78, 5) is 48.5. The lowest BCUT2D eigenvalue weighted by Gasteiger charge is -2.37. The number of para-hydroxylation sites is 1. The number of anilines is 1. The summed E-state index contributed by atoms with van der Waals surface area (Å²) >= 11 is 6.66. The molecule has 3 aliphatic heterocycles. The number of aliphatic hydroxyl groups is 1. The van der Waals surface area contributed by atoms with Crippen LogP contribution >= 0.6 is 11.6 Å². The lowest BCUT2D eigenvalue weighted by molar-refractivity contribution is -0.145. The molecule has 44 heavy (non-hydrogen) atoms. The number of ether oxygens (including phenoxy) is 1. The normalized spacial score (nSPS) is 25.2. The van der Waals surface area contributed by atoms with E-state index in [1.807, 2.05) is 49.4 Å². The summed E-state index contributed by atoms with van der Waals surface area (Å²) in [5, 5.41) is 9.77. The summed E-state index contributed by atoms with van der Waals surface area (Å²) in [6, 6.07) is 14.3. The third kappa shape index (κ3) is 5.71. The fraction of sp³-hybridized carbons (Fsp3) is 0.457. The molecule has 2 bridgehead atoms. The van der Waals surface area contributed by atoms with Gasteiger partial charge < -0.3 is 24.5 Å². The molecular weight excluding hydrogens is 578 g/mol. The van der Waals surface area contributed by atoms with E-state index >= 15 is 0 Å². The van der Waals surface area contributed by atoms with Crippen LogP contribution in [0.2, 0.25) is 5.02 Å². The van der Waals surface area contributed by atoms with Gasteiger partial charge in [-0.15, -0.1) is 13.2 Å². The lowest BCUT2D eigenvalue weighted by Crippen LogP contribution is -2.56. The summed E-state index contributed by atoms with van der Waals surface area (Å²) in [6.07, 6.45) is 5.90. The number of halogens is 1. The van der Waals surface area contributed by atoms with Crippen molar-refractivity contribution in [3.63, 3.8) is 0 Å². The molecule has 1 N–H and O–H groups in total. The van der Waals surface area contributed by atoms with Crippen LogP contribution in [0.4, 0.5) is 5.69 Å². The average molecular weight is 620 g/mol. The van der Waals surface area contributed by atoms with E-state index in [9.17, 15) is 19.5 Å². The average Bonchev–Trinajstić information content (AvgIpc) is 3.66. The van der Waals surface area contributed by atoms with Crippen molar-refractivity contribution in [3.05, 3.63) is 90.0 Å². The predicted molar refractivity (Wildman–Crippen MR) is 171 cm³/mol. The number of unbranched alkanes of at least 4 members (excludes halogenated alkanes) is 2. The molecule has 0 aliphatic carbocycles. The molecule has 2 aromatic rings. The van der Waals surface area contributed by atoms with Gasteiger partial charge in [0, 0.05) is 32.8 Å². The fourth-order valence-electron chi connectivity index (χ4n) is 7.46. The number of hydrogen-bond acceptors (Lipinski definition) is 5. The van der Waals surface area contributed by atoms with Gasteiger partial charge in [-0.25, -0.2) is 0 Å². The molecule has 0 saturated carbocycles. The topological polar surface area (TPSA) is 90.4 Å². The van der Waals surface area contributed by atoms with E-state index in [4.69, 9.17) is 16.3 Å². The largest absolute Gasteiger partial charge is 0.396 e. The molecule has 5 atom stereocenters. The van der Waals surface area contributed by atoms with Crippen molar-refractivity contribution >= 4 is 35.0 Å². The van der Waals surface area contributed by atoms with Crippen LogP contribution in [-0.4, -0.2) is 76.6 Å². The minimum absolute atomic E-state index is 0.0592. The predicted octanol–water partition coefficient (Wildman–Crippen LogP) is 4.92. The molecule has 9 heteroatoms. The van der Waals surface area contributed by atoms with Crippen molar-refractivity contribution < 1.29 is 24.2 Å². The van der Waals surface area contributed by atoms with E-state index in [0.29, 0.717) is 62.4 Å². The minimum atomic E-state index is -1.13. The van der Waals surface area contributed by atoms with Crippen molar-refractivity contribution in [2.45, 2.75) is 63.3 Å². The third-order valence-corrected chi connectivity index (χ3v) is 9.59. The molecule has 3 fully saturated rings. The maximum Gasteiger partial charge on any atom is 0.253 e. The number of rotatable bonds is 14. The molecular formula is C35H42ClN3O5. The van der Waals surface area contributed by atoms with Crippen LogP contribution in [0.1, 0.15) is 43.2 Å². The van der Waals surface area contributed by atoms with Crippen molar-refractivity contribution in [2.24, 2.45) is 11.8 Å². The number of carbonyl (C=O) groups excluding carboxylic acids is 3. The minimum Gasteiger partial charge on any atom is -0.396 e. The second kappa shape index (κ2) is 13.7. The highest BCUT2D eigenvalue weighted by atomic mass is 35.5. The van der Waals surface area contributed by atoms with Gasteiger partial charge in [0.2, 0.25) is 11.8 Å². The number of fused-ring (bicyclic) bond motifs is 1. The van der Waals surface area contributed by atoms with E-state index in [2.05, 4.69) is 13.2 Å². The van der Waals surface area contributed by atoms with E-state index in [0.717, 1.165) is 11.1 Å². The summed E-state index contributed by atoms with van der Waals surface area (Å²) in [6.45, 7) is 10.9. The highest BCUT2D eigenvalue weighted by Gasteiger charge is 2.74.